The molecule has 0 saturated carbocycles. The van der Waals surface area contributed by atoms with Crippen molar-refractivity contribution in [1.82, 2.24) is 15.3 Å². The van der Waals surface area contributed by atoms with Gasteiger partial charge in [0.05, 0.1) is 11.8 Å². The van der Waals surface area contributed by atoms with E-state index < -0.39 is 11.9 Å². The number of aromatic nitrogens is 2. The molecule has 0 unspecified atom stereocenters. The van der Waals surface area contributed by atoms with Crippen molar-refractivity contribution in [3.05, 3.63) is 66.6 Å². The number of hydrogen-bond acceptors (Lipinski definition) is 4. The summed E-state index contributed by atoms with van der Waals surface area (Å²) < 4.78 is 0. The summed E-state index contributed by atoms with van der Waals surface area (Å²) in [5.41, 5.74) is 9.04. The number of aliphatic imine (C=N–C) groups is 1. The Hall–Kier alpha value is -4.47. The molecule has 2 aliphatic heterocycles. The normalized spacial score (nSPS) is 17.9. The largest absolute Gasteiger partial charge is 0.481 e. The van der Waals surface area contributed by atoms with Crippen molar-refractivity contribution in [2.24, 2.45) is 4.99 Å². The van der Waals surface area contributed by atoms with Gasteiger partial charge in [-0.05, 0) is 98.9 Å². The smallest absolute Gasteiger partial charge is 0.303 e. The van der Waals surface area contributed by atoms with Gasteiger partial charge in [-0.25, -0.2) is 4.99 Å². The fourth-order valence-corrected chi connectivity index (χ4v) is 6.12. The molecule has 10 heteroatoms. The average molecular weight is 589 g/mol. The quantitative estimate of drug-likeness (QED) is 0.256. The Balaban J connectivity index is 1.85. The molecule has 10 nitrogen and oxygen atoms in total. The van der Waals surface area contributed by atoms with Crippen LogP contribution in [0.15, 0.2) is 27.3 Å². The lowest BCUT2D eigenvalue weighted by atomic mass is 9.98. The Morgan fingerprint density at radius 3 is 2.05 bits per heavy atom. The summed E-state index contributed by atoms with van der Waals surface area (Å²) in [5, 5.41) is 23.4. The summed E-state index contributed by atoms with van der Waals surface area (Å²) in [5.74, 6) is -2.12. The van der Waals surface area contributed by atoms with E-state index in [0.29, 0.717) is 42.3 Å². The number of carboxylic acids is 2. The van der Waals surface area contributed by atoms with Gasteiger partial charge in [-0.1, -0.05) is 13.8 Å². The second-order valence-electron chi connectivity index (χ2n) is 11.3. The van der Waals surface area contributed by atoms with Gasteiger partial charge in [0.25, 0.3) is 5.91 Å². The second-order valence-corrected chi connectivity index (χ2v) is 11.3. The van der Waals surface area contributed by atoms with Gasteiger partial charge in [-0.15, -0.1) is 0 Å². The molecule has 43 heavy (non-hydrogen) atoms. The molecular weight excluding hydrogens is 548 g/mol. The molecule has 2 amide bonds. The number of amides is 2. The molecule has 0 bridgehead atoms. The Morgan fingerprint density at radius 2 is 1.47 bits per heavy atom. The summed E-state index contributed by atoms with van der Waals surface area (Å²) in [4.78, 5) is 58.9. The standard InChI is InChI=1S/C33H40N4O6/c1-7-20-19(6)32(42)37-27(20)14-25-18(5)23(10-12-31(40)41)29(35-25)15-28-22(9-11-30(38)39)17(4)24(34-28)13-26-16(3)21(8-2)33(43)36-26/h14-15,26,34-35H,7-13H2,1-6H3,(H,36,43)(H,38,39)(H,40,41)/b25-14+,29-15-/t26-/m1/s1. The van der Waals surface area contributed by atoms with E-state index in [1.54, 1.807) is 6.92 Å². The van der Waals surface area contributed by atoms with Crippen LogP contribution in [-0.2, 0) is 38.4 Å². The van der Waals surface area contributed by atoms with Gasteiger partial charge in [0.15, 0.2) is 0 Å². The molecule has 4 rings (SSSR count). The van der Waals surface area contributed by atoms with Crippen molar-refractivity contribution >= 4 is 41.6 Å². The van der Waals surface area contributed by atoms with Gasteiger partial charge >= 0.3 is 11.9 Å². The number of carboxylic acid groups (broad SMARTS) is 2. The summed E-state index contributed by atoms with van der Waals surface area (Å²) in [6, 6.07) is -0.154. The van der Waals surface area contributed by atoms with Crippen molar-refractivity contribution in [1.29, 1.82) is 0 Å². The number of nitrogens with zero attached hydrogens (tertiary/aromatic N) is 1. The van der Waals surface area contributed by atoms with E-state index in [4.69, 9.17) is 0 Å². The van der Waals surface area contributed by atoms with E-state index in [0.717, 1.165) is 55.7 Å². The number of nitrogens with one attached hydrogen (secondary N) is 3. The van der Waals surface area contributed by atoms with E-state index in [-0.39, 0.29) is 37.1 Å². The molecule has 0 spiro atoms. The number of aliphatic carboxylic acids is 2. The van der Waals surface area contributed by atoms with Crippen molar-refractivity contribution in [3.8, 4) is 0 Å². The van der Waals surface area contributed by atoms with Crippen LogP contribution in [0.25, 0.3) is 12.2 Å². The number of carbonyl (C=O) groups excluding carboxylic acids is 2. The minimum absolute atomic E-state index is 0.0496. The van der Waals surface area contributed by atoms with Crippen molar-refractivity contribution in [2.45, 2.75) is 92.5 Å². The molecule has 2 aliphatic rings. The van der Waals surface area contributed by atoms with E-state index in [1.165, 1.54) is 0 Å². The van der Waals surface area contributed by atoms with Crippen molar-refractivity contribution in [3.63, 3.8) is 0 Å². The molecule has 0 fully saturated rings. The molecule has 2 aromatic rings. The molecule has 0 radical (unpaired) electrons. The summed E-state index contributed by atoms with van der Waals surface area (Å²) >= 11 is 0. The van der Waals surface area contributed by atoms with E-state index >= 15 is 0 Å². The zero-order valence-electron chi connectivity index (χ0n) is 25.7. The first-order chi connectivity index (χ1) is 20.4. The first kappa shape index (κ1) is 31.5. The minimum Gasteiger partial charge on any atom is -0.481 e. The van der Waals surface area contributed by atoms with Crippen LogP contribution in [-0.4, -0.2) is 55.7 Å². The van der Waals surface area contributed by atoms with Gasteiger partial charge in [0.2, 0.25) is 5.91 Å². The lowest BCUT2D eigenvalue weighted by molar-refractivity contribution is -0.138. The maximum absolute atomic E-state index is 12.4. The second kappa shape index (κ2) is 12.8. The number of hydrogen-bond donors (Lipinski definition) is 5. The number of allylic oxidation sites excluding steroid dienone is 1. The van der Waals surface area contributed by atoms with E-state index in [1.807, 2.05) is 46.8 Å². The predicted molar refractivity (Wildman–Crippen MR) is 164 cm³/mol. The van der Waals surface area contributed by atoms with Crippen LogP contribution in [0.2, 0.25) is 0 Å². The highest BCUT2D eigenvalue weighted by Gasteiger charge is 2.29. The van der Waals surface area contributed by atoms with Crippen LogP contribution in [0, 0.1) is 13.8 Å². The SMILES string of the molecule is CCC1=C(C)C(=O)N=C1/C=c1/[nH]/c(=C\c2[nH]c(C[C@H]3NC(=O)C(CC)=C3C)c(C)c2CCC(=O)O)c(CCC(=O)O)c1C. The first-order valence-electron chi connectivity index (χ1n) is 14.7. The zero-order valence-corrected chi connectivity index (χ0v) is 25.7. The van der Waals surface area contributed by atoms with Gasteiger partial charge in [0, 0.05) is 52.5 Å². The van der Waals surface area contributed by atoms with Crippen LogP contribution >= 0.6 is 0 Å². The third-order valence-corrected chi connectivity index (χ3v) is 8.71. The maximum atomic E-state index is 12.4. The number of rotatable bonds is 12. The molecule has 228 valence electrons. The summed E-state index contributed by atoms with van der Waals surface area (Å²) in [6.07, 6.45) is 6.07. The Bertz CT molecular complexity index is 1730. The molecule has 0 saturated heterocycles. The minimum atomic E-state index is -0.914. The predicted octanol–water partition coefficient (Wildman–Crippen LogP) is 3.08. The zero-order chi connectivity index (χ0) is 31.6. The molecule has 5 N–H and O–H groups in total. The van der Waals surface area contributed by atoms with Crippen LogP contribution in [0.5, 0.6) is 0 Å². The molecule has 2 aromatic heterocycles. The highest BCUT2D eigenvalue weighted by atomic mass is 16.4. The number of H-pyrrole nitrogens is 2. The average Bonchev–Trinajstić information content (AvgIpc) is 3.59. The number of aromatic amines is 2. The molecule has 1 atom stereocenters. The summed E-state index contributed by atoms with van der Waals surface area (Å²) in [7, 11) is 0. The fraction of sp³-hybridized carbons (Fsp3) is 0.424. The Kier molecular flexibility index (Phi) is 9.37. The topological polar surface area (TPSA) is 165 Å². The summed E-state index contributed by atoms with van der Waals surface area (Å²) in [6.45, 7) is 11.5. The van der Waals surface area contributed by atoms with Crippen molar-refractivity contribution < 1.29 is 29.4 Å². The van der Waals surface area contributed by atoms with Crippen molar-refractivity contribution in [2.75, 3.05) is 0 Å². The lowest BCUT2D eigenvalue weighted by Gasteiger charge is -2.12. The fourth-order valence-electron chi connectivity index (χ4n) is 6.12. The van der Waals surface area contributed by atoms with Gasteiger partial charge in [-0.2, -0.15) is 0 Å². The molecule has 0 aliphatic carbocycles. The molecular formula is C33H40N4O6. The third-order valence-electron chi connectivity index (χ3n) is 8.71. The monoisotopic (exact) mass is 588 g/mol. The van der Waals surface area contributed by atoms with Crippen LogP contribution < -0.4 is 16.0 Å². The molecule has 0 aromatic carbocycles. The van der Waals surface area contributed by atoms with Crippen LogP contribution in [0.3, 0.4) is 0 Å². The molecule has 4 heterocycles. The first-order valence-corrected chi connectivity index (χ1v) is 14.7. The van der Waals surface area contributed by atoms with E-state index in [9.17, 15) is 29.4 Å². The Morgan fingerprint density at radius 1 is 0.837 bits per heavy atom. The maximum Gasteiger partial charge on any atom is 0.303 e. The van der Waals surface area contributed by atoms with Crippen LogP contribution in [0.1, 0.15) is 87.0 Å². The van der Waals surface area contributed by atoms with Gasteiger partial charge in [-0.3, -0.25) is 19.2 Å². The number of carbonyl (C=O) groups is 4. The van der Waals surface area contributed by atoms with E-state index in [2.05, 4.69) is 20.3 Å². The lowest BCUT2D eigenvalue weighted by Crippen LogP contribution is -2.30. The Labute approximate surface area is 250 Å². The van der Waals surface area contributed by atoms with Gasteiger partial charge < -0.3 is 25.5 Å². The third kappa shape index (κ3) is 6.48. The highest BCUT2D eigenvalue weighted by molar-refractivity contribution is 6.30. The van der Waals surface area contributed by atoms with Gasteiger partial charge in [0.1, 0.15) is 0 Å². The van der Waals surface area contributed by atoms with Crippen LogP contribution in [0.4, 0.5) is 0 Å². The highest BCUT2D eigenvalue weighted by Crippen LogP contribution is 2.27.